The monoisotopic (exact) mass is 171 g/mol. The first-order valence-electron chi connectivity index (χ1n) is 4.49. The fourth-order valence-electron chi connectivity index (χ4n) is 1.05. The summed E-state index contributed by atoms with van der Waals surface area (Å²) in [6.07, 6.45) is 1.64. The topological polar surface area (TPSA) is 56.6 Å². The van der Waals surface area contributed by atoms with Gasteiger partial charge in [0.05, 0.1) is 6.10 Å². The molecule has 1 aliphatic rings. The summed E-state index contributed by atoms with van der Waals surface area (Å²) in [5.74, 6) is 0.877. The molecular weight excluding hydrogens is 154 g/mol. The van der Waals surface area contributed by atoms with Crippen molar-refractivity contribution < 1.29 is 5.11 Å². The highest BCUT2D eigenvalue weighted by molar-refractivity contribution is 5.80. The van der Waals surface area contributed by atoms with Gasteiger partial charge in [-0.05, 0) is 19.8 Å². The zero-order valence-corrected chi connectivity index (χ0v) is 7.51. The van der Waals surface area contributed by atoms with E-state index in [2.05, 4.69) is 15.6 Å². The van der Waals surface area contributed by atoms with Gasteiger partial charge in [-0.2, -0.15) is 0 Å². The van der Waals surface area contributed by atoms with E-state index in [4.69, 9.17) is 5.11 Å². The highest BCUT2D eigenvalue weighted by Crippen LogP contribution is 1.89. The molecule has 1 heterocycles. The van der Waals surface area contributed by atoms with Crippen molar-refractivity contribution in [3.05, 3.63) is 0 Å². The predicted octanol–water partition coefficient (Wildman–Crippen LogP) is -0.304. The zero-order valence-electron chi connectivity index (χ0n) is 7.51. The molecule has 0 aliphatic carbocycles. The Morgan fingerprint density at radius 3 is 3.17 bits per heavy atom. The molecule has 0 saturated carbocycles. The van der Waals surface area contributed by atoms with Crippen LogP contribution in [0, 0.1) is 0 Å². The van der Waals surface area contributed by atoms with Crippen LogP contribution in [0.25, 0.3) is 0 Å². The average molecular weight is 171 g/mol. The number of guanidine groups is 1. The highest BCUT2D eigenvalue weighted by Gasteiger charge is 2.02. The first kappa shape index (κ1) is 9.32. The minimum Gasteiger partial charge on any atom is -0.393 e. The van der Waals surface area contributed by atoms with Gasteiger partial charge in [-0.1, -0.05) is 0 Å². The second-order valence-corrected chi connectivity index (χ2v) is 3.08. The van der Waals surface area contributed by atoms with E-state index in [-0.39, 0.29) is 6.10 Å². The fourth-order valence-corrected chi connectivity index (χ4v) is 1.05. The summed E-state index contributed by atoms with van der Waals surface area (Å²) in [6, 6.07) is 0. The summed E-state index contributed by atoms with van der Waals surface area (Å²) in [6.45, 7) is 4.48. The lowest BCUT2D eigenvalue weighted by Crippen LogP contribution is -2.41. The van der Waals surface area contributed by atoms with Gasteiger partial charge in [0.1, 0.15) is 0 Å². The third-order valence-electron chi connectivity index (χ3n) is 1.75. The van der Waals surface area contributed by atoms with Crippen molar-refractivity contribution in [2.24, 2.45) is 4.99 Å². The van der Waals surface area contributed by atoms with E-state index in [9.17, 15) is 0 Å². The van der Waals surface area contributed by atoms with Crippen LogP contribution in [-0.4, -0.2) is 36.8 Å². The molecule has 1 aliphatic heterocycles. The molecule has 0 aromatic rings. The van der Waals surface area contributed by atoms with E-state index in [1.165, 1.54) is 0 Å². The summed E-state index contributed by atoms with van der Waals surface area (Å²) in [5.41, 5.74) is 0. The predicted molar refractivity (Wildman–Crippen MR) is 49.2 cm³/mol. The number of nitrogens with zero attached hydrogens (tertiary/aromatic N) is 1. The molecule has 1 rings (SSSR count). The largest absolute Gasteiger partial charge is 0.393 e. The molecule has 0 radical (unpaired) electrons. The Morgan fingerprint density at radius 1 is 1.75 bits per heavy atom. The summed E-state index contributed by atoms with van der Waals surface area (Å²) in [5, 5.41) is 15.3. The van der Waals surface area contributed by atoms with Crippen LogP contribution in [0.5, 0.6) is 0 Å². The third-order valence-corrected chi connectivity index (χ3v) is 1.75. The molecule has 0 aromatic carbocycles. The van der Waals surface area contributed by atoms with Gasteiger partial charge >= 0.3 is 0 Å². The number of nitrogens with one attached hydrogen (secondary N) is 2. The summed E-state index contributed by atoms with van der Waals surface area (Å²) >= 11 is 0. The summed E-state index contributed by atoms with van der Waals surface area (Å²) in [7, 11) is 0. The Morgan fingerprint density at radius 2 is 2.58 bits per heavy atom. The number of aliphatic hydroxyl groups excluding tert-OH is 1. The molecule has 1 unspecified atom stereocenters. The third kappa shape index (κ3) is 3.57. The van der Waals surface area contributed by atoms with Crippen LogP contribution >= 0.6 is 0 Å². The average Bonchev–Trinajstić information content (AvgIpc) is 2.05. The van der Waals surface area contributed by atoms with E-state index in [0.717, 1.165) is 38.4 Å². The second kappa shape index (κ2) is 4.98. The van der Waals surface area contributed by atoms with Crippen molar-refractivity contribution >= 4 is 5.96 Å². The molecule has 0 aromatic heterocycles. The maximum Gasteiger partial charge on any atom is 0.191 e. The smallest absolute Gasteiger partial charge is 0.191 e. The second-order valence-electron chi connectivity index (χ2n) is 3.08. The maximum atomic E-state index is 8.98. The van der Waals surface area contributed by atoms with Crippen LogP contribution in [0.2, 0.25) is 0 Å². The van der Waals surface area contributed by atoms with E-state index in [1.54, 1.807) is 6.92 Å². The number of hydrogen-bond donors (Lipinski definition) is 3. The van der Waals surface area contributed by atoms with Crippen LogP contribution in [0.4, 0.5) is 0 Å². The lowest BCUT2D eigenvalue weighted by Gasteiger charge is -2.16. The molecule has 3 N–H and O–H groups in total. The highest BCUT2D eigenvalue weighted by atomic mass is 16.3. The molecule has 0 saturated heterocycles. The van der Waals surface area contributed by atoms with Crippen molar-refractivity contribution in [2.75, 3.05) is 19.6 Å². The minimum absolute atomic E-state index is 0.235. The Hall–Kier alpha value is -0.770. The number of hydrogen-bond acceptors (Lipinski definition) is 4. The Bertz CT molecular complexity index is 156. The van der Waals surface area contributed by atoms with Crippen molar-refractivity contribution in [1.29, 1.82) is 0 Å². The number of rotatable bonds is 3. The molecule has 4 nitrogen and oxygen atoms in total. The number of aliphatic imine (C=N–C) groups is 1. The van der Waals surface area contributed by atoms with Crippen LogP contribution in [-0.2, 0) is 0 Å². The molecule has 0 bridgehead atoms. The number of aliphatic hydroxyl groups is 1. The summed E-state index contributed by atoms with van der Waals surface area (Å²) in [4.78, 5) is 4.24. The molecular formula is C8H17N3O. The van der Waals surface area contributed by atoms with Gasteiger partial charge in [0.15, 0.2) is 5.96 Å². The van der Waals surface area contributed by atoms with Crippen LogP contribution in [0.3, 0.4) is 0 Å². The quantitative estimate of drug-likeness (QED) is 0.546. The lowest BCUT2D eigenvalue weighted by molar-refractivity contribution is 0.185. The Balaban J connectivity index is 2.09. The molecule has 0 spiro atoms. The van der Waals surface area contributed by atoms with Crippen LogP contribution < -0.4 is 10.6 Å². The van der Waals surface area contributed by atoms with Gasteiger partial charge in [-0.25, -0.2) is 0 Å². The van der Waals surface area contributed by atoms with E-state index < -0.39 is 0 Å². The van der Waals surface area contributed by atoms with Gasteiger partial charge in [-0.15, -0.1) is 0 Å². The molecule has 1 atom stereocenters. The Kier molecular flexibility index (Phi) is 3.87. The van der Waals surface area contributed by atoms with E-state index in [0.29, 0.717) is 0 Å². The van der Waals surface area contributed by atoms with Crippen molar-refractivity contribution in [3.8, 4) is 0 Å². The fraction of sp³-hybridized carbons (Fsp3) is 0.875. The van der Waals surface area contributed by atoms with Crippen molar-refractivity contribution in [2.45, 2.75) is 25.9 Å². The van der Waals surface area contributed by atoms with Gasteiger partial charge < -0.3 is 15.7 Å². The molecule has 0 amide bonds. The van der Waals surface area contributed by atoms with E-state index in [1.807, 2.05) is 0 Å². The zero-order chi connectivity index (χ0) is 8.81. The van der Waals surface area contributed by atoms with Crippen LogP contribution in [0.15, 0.2) is 4.99 Å². The van der Waals surface area contributed by atoms with Gasteiger partial charge in [0, 0.05) is 19.6 Å². The SMILES string of the molecule is CC(O)CCNC1=NCCCN1. The van der Waals surface area contributed by atoms with Gasteiger partial charge in [0.25, 0.3) is 0 Å². The normalized spacial score (nSPS) is 19.3. The molecule has 0 fully saturated rings. The standard InChI is InChI=1S/C8H17N3O/c1-7(12)3-6-11-8-9-4-2-5-10-8/h7,12H,2-6H2,1H3,(H2,9,10,11). The van der Waals surface area contributed by atoms with Gasteiger partial charge in [0.2, 0.25) is 0 Å². The Labute approximate surface area is 73.1 Å². The lowest BCUT2D eigenvalue weighted by atomic mass is 10.3. The minimum atomic E-state index is -0.235. The van der Waals surface area contributed by atoms with Crippen molar-refractivity contribution in [1.82, 2.24) is 10.6 Å². The summed E-state index contributed by atoms with van der Waals surface area (Å²) < 4.78 is 0. The first-order chi connectivity index (χ1) is 5.79. The molecule has 12 heavy (non-hydrogen) atoms. The van der Waals surface area contributed by atoms with Gasteiger partial charge in [-0.3, -0.25) is 4.99 Å². The molecule has 70 valence electrons. The van der Waals surface area contributed by atoms with Crippen LogP contribution in [0.1, 0.15) is 19.8 Å². The van der Waals surface area contributed by atoms with E-state index >= 15 is 0 Å². The van der Waals surface area contributed by atoms with Crippen molar-refractivity contribution in [3.63, 3.8) is 0 Å². The molecule has 4 heteroatoms. The first-order valence-corrected chi connectivity index (χ1v) is 4.49. The maximum absolute atomic E-state index is 8.98.